The van der Waals surface area contributed by atoms with Gasteiger partial charge >= 0.3 is 0 Å². The highest BCUT2D eigenvalue weighted by Crippen LogP contribution is 2.60. The molecule has 1 fully saturated rings. The van der Waals surface area contributed by atoms with Gasteiger partial charge in [-0.15, -0.1) is 5.10 Å². The molecule has 56 heavy (non-hydrogen) atoms. The molecule has 0 radical (unpaired) electrons. The first-order valence-electron chi connectivity index (χ1n) is 19.5. The van der Waals surface area contributed by atoms with Crippen molar-refractivity contribution < 1.29 is 18.7 Å². The van der Waals surface area contributed by atoms with Gasteiger partial charge in [0.15, 0.2) is 5.60 Å². The number of aliphatic hydroxyl groups is 1. The monoisotopic (exact) mass is 774 g/mol. The maximum atomic E-state index is 16.7. The standard InChI is InChI=1S/C44H51FN6O4Si/c1-29(2)13-12-14-30(3)21-24-50-39-20-19-34(51-42(53)35-18-11-10-17-33(35)26-46-51)25-37(39)44(43(50)54)31(4)41(56(5,6)45)40(55-44)22-23-49-27-38(47-48-49)36(28-52)32-15-8-7-9-16-32/h7-11,13,15-21,25-27,31,36,40-41,52H,12,14,22-24,28H2,1-6H3/b30-21+/t31-,36?,40+,41-,44+/m1/s1. The number of anilines is 1. The first-order chi connectivity index (χ1) is 26.8. The van der Waals surface area contributed by atoms with Gasteiger partial charge in [0.25, 0.3) is 11.5 Å². The molecule has 10 nitrogen and oxygen atoms in total. The second-order valence-electron chi connectivity index (χ2n) is 16.0. The average Bonchev–Trinajstić information content (AvgIpc) is 3.83. The first-order valence-corrected chi connectivity index (χ1v) is 22.4. The Bertz CT molecular complexity index is 2350. The number of aliphatic hydroxyl groups excluding tert-OH is 1. The summed E-state index contributed by atoms with van der Waals surface area (Å²) in [5.41, 5.74) is 3.52. The molecule has 2 aliphatic rings. The third kappa shape index (κ3) is 7.33. The number of halogens is 1. The number of hydrogen-bond donors (Lipinski definition) is 1. The van der Waals surface area contributed by atoms with Crippen LogP contribution >= 0.6 is 0 Å². The van der Waals surface area contributed by atoms with Crippen LogP contribution in [0.5, 0.6) is 0 Å². The van der Waals surface area contributed by atoms with Crippen molar-refractivity contribution in [3.63, 3.8) is 0 Å². The predicted molar refractivity (Wildman–Crippen MR) is 220 cm³/mol. The summed E-state index contributed by atoms with van der Waals surface area (Å²) in [4.78, 5) is 30.6. The quantitative estimate of drug-likeness (QED) is 0.0733. The third-order valence-corrected chi connectivity index (χ3v) is 14.0. The van der Waals surface area contributed by atoms with Crippen molar-refractivity contribution in [2.75, 3.05) is 18.1 Å². The Morgan fingerprint density at radius 3 is 2.52 bits per heavy atom. The van der Waals surface area contributed by atoms with Gasteiger partial charge < -0.3 is 18.9 Å². The van der Waals surface area contributed by atoms with Crippen LogP contribution in [0.1, 0.15) is 69.7 Å². The Balaban J connectivity index is 1.25. The summed E-state index contributed by atoms with van der Waals surface area (Å²) in [7, 11) is -3.45. The van der Waals surface area contributed by atoms with E-state index in [0.717, 1.165) is 29.4 Å². The summed E-state index contributed by atoms with van der Waals surface area (Å²) in [6, 6.07) is 22.5. The van der Waals surface area contributed by atoms with E-state index in [1.54, 1.807) is 34.9 Å². The summed E-state index contributed by atoms with van der Waals surface area (Å²) in [6.07, 6.45) is 9.35. The number of ether oxygens (including phenoxy) is 1. The molecular weight excluding hydrogens is 724 g/mol. The summed E-state index contributed by atoms with van der Waals surface area (Å²) in [6.45, 7) is 12.2. The number of aromatic nitrogens is 5. The van der Waals surface area contributed by atoms with E-state index in [1.807, 2.05) is 79.9 Å². The molecule has 1 spiro atoms. The summed E-state index contributed by atoms with van der Waals surface area (Å²) in [5.74, 6) is -1.08. The molecule has 2 aromatic heterocycles. The van der Waals surface area contributed by atoms with Crippen molar-refractivity contribution in [1.82, 2.24) is 24.8 Å². The van der Waals surface area contributed by atoms with E-state index in [9.17, 15) is 9.90 Å². The molecule has 1 amide bonds. The number of amides is 1. The Kier molecular flexibility index (Phi) is 11.1. The fourth-order valence-electron chi connectivity index (χ4n) is 8.73. The molecule has 5 atom stereocenters. The maximum Gasteiger partial charge on any atom is 0.279 e. The number of carbonyl (C=O) groups excluding carboxylic acids is 1. The highest BCUT2D eigenvalue weighted by atomic mass is 28.4. The van der Waals surface area contributed by atoms with Crippen LogP contribution in [0.15, 0.2) is 113 Å². The van der Waals surface area contributed by atoms with E-state index >= 15 is 8.90 Å². The molecule has 5 aromatic rings. The van der Waals surface area contributed by atoms with Gasteiger partial charge in [0.2, 0.25) is 8.41 Å². The number of benzene rings is 3. The molecular formula is C44H51FN6O4Si. The lowest BCUT2D eigenvalue weighted by molar-refractivity contribution is -0.145. The van der Waals surface area contributed by atoms with Crippen LogP contribution in [-0.4, -0.2) is 63.5 Å². The van der Waals surface area contributed by atoms with E-state index in [-0.39, 0.29) is 24.0 Å². The minimum atomic E-state index is -3.45. The van der Waals surface area contributed by atoms with Crippen LogP contribution in [0.4, 0.5) is 9.80 Å². The van der Waals surface area contributed by atoms with E-state index in [2.05, 4.69) is 48.3 Å². The number of nitrogens with zero attached hydrogens (tertiary/aromatic N) is 6. The van der Waals surface area contributed by atoms with E-state index in [0.29, 0.717) is 47.5 Å². The third-order valence-electron chi connectivity index (χ3n) is 11.5. The SMILES string of the molecule is CC(C)=CCC/C(C)=C/CN1C(=O)[C@@]2(O[C@@H](CCn3cc(C(CO)c4ccccc4)nn3)[C@H]([Si](C)(C)F)[C@H]2C)c2cc(-n3ncc4ccccc4c3=O)ccc21. The number of fused-ring (bicyclic) bond motifs is 3. The van der Waals surface area contributed by atoms with Crippen molar-refractivity contribution in [2.24, 2.45) is 5.92 Å². The van der Waals surface area contributed by atoms with Gasteiger partial charge in [-0.1, -0.05) is 84.0 Å². The maximum absolute atomic E-state index is 16.7. The highest BCUT2D eigenvalue weighted by molar-refractivity contribution is 6.72. The Morgan fingerprint density at radius 2 is 1.79 bits per heavy atom. The zero-order valence-corrected chi connectivity index (χ0v) is 34.0. The summed E-state index contributed by atoms with van der Waals surface area (Å²) < 4.78 is 26.8. The molecule has 1 N–H and O–H groups in total. The number of carbonyl (C=O) groups is 1. The van der Waals surface area contributed by atoms with Crippen LogP contribution in [0, 0.1) is 5.92 Å². The second kappa shape index (κ2) is 15.8. The van der Waals surface area contributed by atoms with Crippen molar-refractivity contribution in [1.29, 1.82) is 0 Å². The van der Waals surface area contributed by atoms with Crippen LogP contribution in [0.3, 0.4) is 0 Å². The molecule has 0 saturated carbocycles. The van der Waals surface area contributed by atoms with Gasteiger partial charge in [-0.3, -0.25) is 14.3 Å². The molecule has 1 unspecified atom stereocenters. The predicted octanol–water partition coefficient (Wildman–Crippen LogP) is 8.01. The van der Waals surface area contributed by atoms with Gasteiger partial charge in [-0.2, -0.15) is 9.78 Å². The minimum Gasteiger partial charge on any atom is -0.395 e. The van der Waals surface area contributed by atoms with Gasteiger partial charge in [0.05, 0.1) is 47.3 Å². The average molecular weight is 775 g/mol. The fraction of sp³-hybridized carbons (Fsp3) is 0.386. The van der Waals surface area contributed by atoms with Gasteiger partial charge in [-0.05, 0) is 83.0 Å². The second-order valence-corrected chi connectivity index (χ2v) is 19.8. The largest absolute Gasteiger partial charge is 0.395 e. The minimum absolute atomic E-state index is 0.122. The van der Waals surface area contributed by atoms with E-state index < -0.39 is 31.6 Å². The zero-order chi connectivity index (χ0) is 39.8. The van der Waals surface area contributed by atoms with Gasteiger partial charge in [0, 0.05) is 41.7 Å². The topological polar surface area (TPSA) is 115 Å². The van der Waals surface area contributed by atoms with Crippen molar-refractivity contribution in [2.45, 2.75) is 89.8 Å². The fourth-order valence-corrected chi connectivity index (χ4v) is 11.3. The van der Waals surface area contributed by atoms with Crippen molar-refractivity contribution in [3.8, 4) is 5.69 Å². The molecule has 7 rings (SSSR count). The lowest BCUT2D eigenvalue weighted by Crippen LogP contribution is -2.45. The van der Waals surface area contributed by atoms with Crippen LogP contribution in [-0.2, 0) is 21.7 Å². The molecule has 0 bridgehead atoms. The summed E-state index contributed by atoms with van der Waals surface area (Å²) >= 11 is 0. The first kappa shape index (κ1) is 39.2. The zero-order valence-electron chi connectivity index (χ0n) is 33.0. The smallest absolute Gasteiger partial charge is 0.279 e. The molecule has 1 saturated heterocycles. The Morgan fingerprint density at radius 1 is 1.04 bits per heavy atom. The normalized spacial score (nSPS) is 21.6. The van der Waals surface area contributed by atoms with E-state index in [1.165, 1.54) is 10.3 Å². The Hall–Kier alpha value is -5.04. The lowest BCUT2D eigenvalue weighted by atomic mass is 9.82. The molecule has 292 valence electrons. The van der Waals surface area contributed by atoms with E-state index in [4.69, 9.17) is 4.74 Å². The van der Waals surface area contributed by atoms with Gasteiger partial charge in [-0.25, -0.2) is 0 Å². The highest BCUT2D eigenvalue weighted by Gasteiger charge is 2.66. The molecule has 0 aliphatic carbocycles. The van der Waals surface area contributed by atoms with Crippen LogP contribution < -0.4 is 10.5 Å². The van der Waals surface area contributed by atoms with Crippen LogP contribution in [0.2, 0.25) is 18.6 Å². The number of aryl methyl sites for hydroxylation is 1. The van der Waals surface area contributed by atoms with Crippen LogP contribution in [0.25, 0.3) is 16.5 Å². The number of rotatable bonds is 13. The van der Waals surface area contributed by atoms with Crippen molar-refractivity contribution in [3.05, 3.63) is 136 Å². The number of allylic oxidation sites excluding steroid dienone is 3. The van der Waals surface area contributed by atoms with Crippen molar-refractivity contribution >= 4 is 30.8 Å². The molecule has 2 aliphatic heterocycles. The molecule has 12 heteroatoms. The molecule has 4 heterocycles. The Labute approximate surface area is 328 Å². The summed E-state index contributed by atoms with van der Waals surface area (Å²) in [5, 5.41) is 24.8. The number of hydrogen-bond acceptors (Lipinski definition) is 7. The van der Waals surface area contributed by atoms with Gasteiger partial charge in [0.1, 0.15) is 0 Å². The molecule has 3 aromatic carbocycles. The lowest BCUT2D eigenvalue weighted by Gasteiger charge is -2.31.